The van der Waals surface area contributed by atoms with Gasteiger partial charge in [0, 0.05) is 32.2 Å². The van der Waals surface area contributed by atoms with E-state index in [-0.39, 0.29) is 12.5 Å². The number of amides is 1. The number of nitrogens with zero attached hydrogens (tertiary/aromatic N) is 2. The number of aliphatic hydroxyl groups is 1. The summed E-state index contributed by atoms with van der Waals surface area (Å²) in [5.41, 5.74) is 2.18. The van der Waals surface area contributed by atoms with E-state index in [0.29, 0.717) is 19.1 Å². The smallest absolute Gasteiger partial charge is 0.232 e. The van der Waals surface area contributed by atoms with Crippen LogP contribution in [0.4, 0.5) is 0 Å². The SMILES string of the molecule is CC1CN(C(=O)C(CO)c2ccccc2)CCN1Cc1ccccc1. The minimum atomic E-state index is -0.464. The maximum absolute atomic E-state index is 12.9. The standard InChI is InChI=1S/C21H26N2O2/c1-17-14-23(13-12-22(17)15-18-8-4-2-5-9-18)21(25)20(16-24)19-10-6-3-7-11-19/h2-11,17,20,24H,12-16H2,1H3. The largest absolute Gasteiger partial charge is 0.395 e. The van der Waals surface area contributed by atoms with Crippen LogP contribution >= 0.6 is 0 Å². The zero-order valence-electron chi connectivity index (χ0n) is 14.7. The van der Waals surface area contributed by atoms with Crippen LogP contribution in [0.3, 0.4) is 0 Å². The van der Waals surface area contributed by atoms with Crippen LogP contribution in [-0.4, -0.2) is 53.1 Å². The third-order valence-electron chi connectivity index (χ3n) is 4.99. The maximum atomic E-state index is 12.9. The van der Waals surface area contributed by atoms with Crippen LogP contribution in [0.2, 0.25) is 0 Å². The summed E-state index contributed by atoms with van der Waals surface area (Å²) in [5.74, 6) is -0.436. The highest BCUT2D eigenvalue weighted by Crippen LogP contribution is 2.21. The van der Waals surface area contributed by atoms with Crippen molar-refractivity contribution in [2.24, 2.45) is 0 Å². The molecule has 4 nitrogen and oxygen atoms in total. The van der Waals surface area contributed by atoms with Crippen molar-refractivity contribution in [3.63, 3.8) is 0 Å². The van der Waals surface area contributed by atoms with Crippen molar-refractivity contribution in [3.8, 4) is 0 Å². The van der Waals surface area contributed by atoms with Gasteiger partial charge >= 0.3 is 0 Å². The molecule has 3 rings (SSSR count). The van der Waals surface area contributed by atoms with Gasteiger partial charge in [0.15, 0.2) is 0 Å². The summed E-state index contributed by atoms with van der Waals surface area (Å²) in [6, 6.07) is 20.3. The molecule has 0 radical (unpaired) electrons. The molecule has 2 unspecified atom stereocenters. The van der Waals surface area contributed by atoms with Gasteiger partial charge in [-0.15, -0.1) is 0 Å². The van der Waals surface area contributed by atoms with Gasteiger partial charge in [0.05, 0.1) is 12.5 Å². The molecule has 1 amide bonds. The second-order valence-electron chi connectivity index (χ2n) is 6.74. The van der Waals surface area contributed by atoms with Gasteiger partial charge in [-0.3, -0.25) is 9.69 Å². The molecule has 1 heterocycles. The molecule has 0 bridgehead atoms. The lowest BCUT2D eigenvalue weighted by Gasteiger charge is -2.41. The topological polar surface area (TPSA) is 43.8 Å². The predicted molar refractivity (Wildman–Crippen MR) is 99.2 cm³/mol. The Morgan fingerprint density at radius 1 is 1.08 bits per heavy atom. The Kier molecular flexibility index (Phi) is 5.84. The molecule has 4 heteroatoms. The second-order valence-corrected chi connectivity index (χ2v) is 6.74. The van der Waals surface area contributed by atoms with Gasteiger partial charge in [0.1, 0.15) is 0 Å². The number of benzene rings is 2. The van der Waals surface area contributed by atoms with Crippen molar-refractivity contribution in [1.82, 2.24) is 9.80 Å². The fraction of sp³-hybridized carbons (Fsp3) is 0.381. The van der Waals surface area contributed by atoms with Crippen molar-refractivity contribution < 1.29 is 9.90 Å². The van der Waals surface area contributed by atoms with Crippen molar-refractivity contribution in [3.05, 3.63) is 71.8 Å². The summed E-state index contributed by atoms with van der Waals surface area (Å²) in [5, 5.41) is 9.74. The summed E-state index contributed by atoms with van der Waals surface area (Å²) in [7, 11) is 0. The molecule has 2 aromatic carbocycles. The average molecular weight is 338 g/mol. The molecule has 0 aliphatic carbocycles. The fourth-order valence-corrected chi connectivity index (χ4v) is 3.48. The summed E-state index contributed by atoms with van der Waals surface area (Å²) >= 11 is 0. The summed E-state index contributed by atoms with van der Waals surface area (Å²) in [6.07, 6.45) is 0. The Hall–Kier alpha value is -2.17. The highest BCUT2D eigenvalue weighted by molar-refractivity contribution is 5.84. The van der Waals surface area contributed by atoms with E-state index in [1.807, 2.05) is 41.3 Å². The first-order valence-corrected chi connectivity index (χ1v) is 8.91. The molecular weight excluding hydrogens is 312 g/mol. The molecule has 0 saturated carbocycles. The van der Waals surface area contributed by atoms with E-state index in [0.717, 1.165) is 18.7 Å². The first-order chi connectivity index (χ1) is 12.2. The Balaban J connectivity index is 1.63. The molecule has 0 spiro atoms. The second kappa shape index (κ2) is 8.28. The van der Waals surface area contributed by atoms with E-state index >= 15 is 0 Å². The van der Waals surface area contributed by atoms with Gasteiger partial charge in [0.25, 0.3) is 0 Å². The molecule has 1 fully saturated rings. The van der Waals surface area contributed by atoms with E-state index in [1.54, 1.807) is 0 Å². The number of carbonyl (C=O) groups is 1. The summed E-state index contributed by atoms with van der Waals surface area (Å²) < 4.78 is 0. The summed E-state index contributed by atoms with van der Waals surface area (Å²) in [6.45, 7) is 5.19. The predicted octanol–water partition coefficient (Wildman–Crippen LogP) is 2.50. The molecule has 25 heavy (non-hydrogen) atoms. The molecular formula is C21H26N2O2. The van der Waals surface area contributed by atoms with Crippen LogP contribution in [0.1, 0.15) is 24.0 Å². The van der Waals surface area contributed by atoms with Crippen LogP contribution in [0, 0.1) is 0 Å². The number of piperazine rings is 1. The van der Waals surface area contributed by atoms with Crippen LogP contribution < -0.4 is 0 Å². The molecule has 132 valence electrons. The molecule has 1 N–H and O–H groups in total. The number of hydrogen-bond donors (Lipinski definition) is 1. The van der Waals surface area contributed by atoms with E-state index in [2.05, 4.69) is 36.1 Å². The van der Waals surface area contributed by atoms with Gasteiger partial charge < -0.3 is 10.0 Å². The van der Waals surface area contributed by atoms with E-state index in [4.69, 9.17) is 0 Å². The Labute approximate surface area is 149 Å². The van der Waals surface area contributed by atoms with Gasteiger partial charge in [-0.2, -0.15) is 0 Å². The zero-order chi connectivity index (χ0) is 17.6. The lowest BCUT2D eigenvalue weighted by Crippen LogP contribution is -2.54. The third kappa shape index (κ3) is 4.27. The van der Waals surface area contributed by atoms with Crippen LogP contribution in [0.5, 0.6) is 0 Å². The van der Waals surface area contributed by atoms with Crippen LogP contribution in [0.15, 0.2) is 60.7 Å². The molecule has 0 aromatic heterocycles. The Morgan fingerprint density at radius 2 is 1.72 bits per heavy atom. The lowest BCUT2D eigenvalue weighted by atomic mass is 9.97. The number of rotatable bonds is 5. The maximum Gasteiger partial charge on any atom is 0.232 e. The lowest BCUT2D eigenvalue weighted by molar-refractivity contribution is -0.136. The summed E-state index contributed by atoms with van der Waals surface area (Å²) in [4.78, 5) is 17.2. The number of carbonyl (C=O) groups excluding carboxylic acids is 1. The van der Waals surface area contributed by atoms with Gasteiger partial charge in [-0.1, -0.05) is 60.7 Å². The molecule has 2 atom stereocenters. The molecule has 2 aromatic rings. The third-order valence-corrected chi connectivity index (χ3v) is 4.99. The number of aliphatic hydroxyl groups excluding tert-OH is 1. The van der Waals surface area contributed by atoms with Gasteiger partial charge in [-0.05, 0) is 18.1 Å². The Bertz CT molecular complexity index is 675. The van der Waals surface area contributed by atoms with E-state index in [9.17, 15) is 9.90 Å². The van der Waals surface area contributed by atoms with Crippen molar-refractivity contribution in [2.75, 3.05) is 26.2 Å². The zero-order valence-corrected chi connectivity index (χ0v) is 14.7. The minimum Gasteiger partial charge on any atom is -0.395 e. The average Bonchev–Trinajstić information content (AvgIpc) is 2.65. The van der Waals surface area contributed by atoms with Crippen molar-refractivity contribution >= 4 is 5.91 Å². The van der Waals surface area contributed by atoms with Crippen molar-refractivity contribution in [1.29, 1.82) is 0 Å². The quantitative estimate of drug-likeness (QED) is 0.911. The molecule has 1 aliphatic heterocycles. The highest BCUT2D eigenvalue weighted by atomic mass is 16.3. The molecule has 1 saturated heterocycles. The first-order valence-electron chi connectivity index (χ1n) is 8.91. The van der Waals surface area contributed by atoms with Crippen LogP contribution in [0.25, 0.3) is 0 Å². The van der Waals surface area contributed by atoms with E-state index < -0.39 is 5.92 Å². The fourth-order valence-electron chi connectivity index (χ4n) is 3.48. The Morgan fingerprint density at radius 3 is 2.32 bits per heavy atom. The van der Waals surface area contributed by atoms with Gasteiger partial charge in [0.2, 0.25) is 5.91 Å². The minimum absolute atomic E-state index is 0.0277. The first kappa shape index (κ1) is 17.6. The normalized spacial score (nSPS) is 19.6. The molecule has 1 aliphatic rings. The van der Waals surface area contributed by atoms with Crippen molar-refractivity contribution in [2.45, 2.75) is 25.4 Å². The van der Waals surface area contributed by atoms with E-state index in [1.165, 1.54) is 5.56 Å². The van der Waals surface area contributed by atoms with Gasteiger partial charge in [-0.25, -0.2) is 0 Å². The monoisotopic (exact) mass is 338 g/mol. The highest BCUT2D eigenvalue weighted by Gasteiger charge is 2.31. The van der Waals surface area contributed by atoms with Crippen LogP contribution in [-0.2, 0) is 11.3 Å². The number of hydrogen-bond acceptors (Lipinski definition) is 3.